The first-order valence-electron chi connectivity index (χ1n) is 8.07. The summed E-state index contributed by atoms with van der Waals surface area (Å²) < 4.78 is 7.70. The minimum atomic E-state index is 0.326. The van der Waals surface area contributed by atoms with Gasteiger partial charge in [0.25, 0.3) is 0 Å². The van der Waals surface area contributed by atoms with Crippen LogP contribution in [0, 0.1) is 0 Å². The smallest absolute Gasteiger partial charge is 0.185 e. The zero-order chi connectivity index (χ0) is 15.2. The van der Waals surface area contributed by atoms with Crippen LogP contribution in [0.2, 0.25) is 0 Å². The third-order valence-corrected chi connectivity index (χ3v) is 4.73. The number of aromatic nitrogens is 4. The molecule has 2 aromatic heterocycles. The van der Waals surface area contributed by atoms with E-state index in [2.05, 4.69) is 20.6 Å². The predicted molar refractivity (Wildman–Crippen MR) is 86.1 cm³/mol. The van der Waals surface area contributed by atoms with Crippen molar-refractivity contribution >= 4 is 11.5 Å². The van der Waals surface area contributed by atoms with Crippen LogP contribution < -0.4 is 5.32 Å². The summed E-state index contributed by atoms with van der Waals surface area (Å²) in [5.41, 5.74) is 1.76. The van der Waals surface area contributed by atoms with Crippen molar-refractivity contribution < 1.29 is 4.74 Å². The standard InChI is InChI=1S/C17H17N5O/c1-2-4-11(5-3-1)17-20-19-16-9-8-15(21-22(16)17)18-13-10-12-6-7-14(13)23-12/h1-5,8-9,12-14H,6-7,10H2,(H,18,21). The Morgan fingerprint density at radius 1 is 1.04 bits per heavy atom. The number of fused-ring (bicyclic) bond motifs is 3. The molecule has 2 aliphatic heterocycles. The molecule has 3 aromatic rings. The van der Waals surface area contributed by atoms with Crippen LogP contribution in [0.5, 0.6) is 0 Å². The van der Waals surface area contributed by atoms with E-state index in [0.29, 0.717) is 18.2 Å². The quantitative estimate of drug-likeness (QED) is 0.805. The van der Waals surface area contributed by atoms with Gasteiger partial charge in [0.05, 0.1) is 18.2 Å². The summed E-state index contributed by atoms with van der Waals surface area (Å²) in [5.74, 6) is 1.60. The lowest BCUT2D eigenvalue weighted by Gasteiger charge is -2.20. The molecule has 2 bridgehead atoms. The molecule has 0 amide bonds. The van der Waals surface area contributed by atoms with Crippen LogP contribution in [-0.2, 0) is 4.74 Å². The minimum Gasteiger partial charge on any atom is -0.373 e. The highest BCUT2D eigenvalue weighted by molar-refractivity contribution is 5.59. The van der Waals surface area contributed by atoms with Crippen LogP contribution in [0.1, 0.15) is 19.3 Å². The highest BCUT2D eigenvalue weighted by atomic mass is 16.5. The van der Waals surface area contributed by atoms with Crippen molar-refractivity contribution in [1.82, 2.24) is 19.8 Å². The largest absolute Gasteiger partial charge is 0.373 e. The zero-order valence-electron chi connectivity index (χ0n) is 12.6. The lowest BCUT2D eigenvalue weighted by atomic mass is 9.95. The molecule has 6 nitrogen and oxygen atoms in total. The molecule has 0 radical (unpaired) electrons. The average molecular weight is 307 g/mol. The maximum Gasteiger partial charge on any atom is 0.185 e. The summed E-state index contributed by atoms with van der Waals surface area (Å²) in [6, 6.07) is 14.3. The Morgan fingerprint density at radius 3 is 2.74 bits per heavy atom. The Morgan fingerprint density at radius 2 is 1.96 bits per heavy atom. The van der Waals surface area contributed by atoms with Crippen molar-refractivity contribution in [2.75, 3.05) is 5.32 Å². The molecule has 1 N–H and O–H groups in total. The summed E-state index contributed by atoms with van der Waals surface area (Å²) in [4.78, 5) is 0. The second kappa shape index (κ2) is 5.03. The number of benzene rings is 1. The van der Waals surface area contributed by atoms with E-state index in [0.717, 1.165) is 35.7 Å². The number of hydrogen-bond donors (Lipinski definition) is 1. The topological polar surface area (TPSA) is 64.3 Å². The number of rotatable bonds is 3. The monoisotopic (exact) mass is 307 g/mol. The van der Waals surface area contributed by atoms with Crippen LogP contribution in [-0.4, -0.2) is 38.1 Å². The predicted octanol–water partition coefficient (Wildman–Crippen LogP) is 2.52. The van der Waals surface area contributed by atoms with Gasteiger partial charge in [-0.25, -0.2) is 0 Å². The van der Waals surface area contributed by atoms with Gasteiger partial charge in [-0.15, -0.1) is 15.3 Å². The first-order valence-corrected chi connectivity index (χ1v) is 8.07. The van der Waals surface area contributed by atoms with Crippen LogP contribution in [0.25, 0.3) is 17.0 Å². The van der Waals surface area contributed by atoms with E-state index in [-0.39, 0.29) is 0 Å². The molecule has 2 aliphatic rings. The third-order valence-electron chi connectivity index (χ3n) is 4.73. The molecule has 3 unspecified atom stereocenters. The normalized spacial score (nSPS) is 26.0. The van der Waals surface area contributed by atoms with Crippen molar-refractivity contribution in [3.8, 4) is 11.4 Å². The van der Waals surface area contributed by atoms with Crippen LogP contribution in [0.3, 0.4) is 0 Å². The lowest BCUT2D eigenvalue weighted by molar-refractivity contribution is 0.102. The number of hydrogen-bond acceptors (Lipinski definition) is 5. The third kappa shape index (κ3) is 2.17. The average Bonchev–Trinajstić information content (AvgIpc) is 3.30. The van der Waals surface area contributed by atoms with Crippen molar-refractivity contribution in [3.63, 3.8) is 0 Å². The summed E-state index contributed by atoms with van der Waals surface area (Å²) in [7, 11) is 0. The zero-order valence-corrected chi connectivity index (χ0v) is 12.6. The molecule has 6 heteroatoms. The molecule has 0 spiro atoms. The molecule has 1 aromatic carbocycles. The summed E-state index contributed by atoms with van der Waals surface area (Å²) in [6.07, 6.45) is 4.16. The molecule has 3 atom stereocenters. The number of nitrogens with zero attached hydrogens (tertiary/aromatic N) is 4. The molecular weight excluding hydrogens is 290 g/mol. The molecule has 2 fully saturated rings. The van der Waals surface area contributed by atoms with E-state index in [1.165, 1.54) is 6.42 Å². The molecular formula is C17H17N5O. The van der Waals surface area contributed by atoms with Gasteiger partial charge >= 0.3 is 0 Å². The van der Waals surface area contributed by atoms with Gasteiger partial charge in [0.1, 0.15) is 5.82 Å². The van der Waals surface area contributed by atoms with E-state index < -0.39 is 0 Å². The highest BCUT2D eigenvalue weighted by Gasteiger charge is 2.40. The molecule has 0 saturated carbocycles. The van der Waals surface area contributed by atoms with Gasteiger partial charge in [-0.05, 0) is 31.4 Å². The minimum absolute atomic E-state index is 0.326. The second-order valence-electron chi connectivity index (χ2n) is 6.24. The molecule has 0 aliphatic carbocycles. The number of nitrogens with one attached hydrogen (secondary N) is 1. The van der Waals surface area contributed by atoms with Crippen LogP contribution in [0.4, 0.5) is 5.82 Å². The van der Waals surface area contributed by atoms with Crippen molar-refractivity contribution in [3.05, 3.63) is 42.5 Å². The Hall–Kier alpha value is -2.47. The van der Waals surface area contributed by atoms with E-state index in [1.54, 1.807) is 4.52 Å². The summed E-state index contributed by atoms with van der Waals surface area (Å²) in [5, 5.41) is 16.7. The van der Waals surface area contributed by atoms with Gasteiger partial charge in [0, 0.05) is 5.56 Å². The van der Waals surface area contributed by atoms with E-state index in [9.17, 15) is 0 Å². The second-order valence-corrected chi connectivity index (χ2v) is 6.24. The Balaban J connectivity index is 1.49. The molecule has 5 rings (SSSR count). The SMILES string of the molecule is c1ccc(-c2nnc3ccc(NC4CC5CCC4O5)nn23)cc1. The first kappa shape index (κ1) is 13.0. The van der Waals surface area contributed by atoms with E-state index in [1.807, 2.05) is 42.5 Å². The lowest BCUT2D eigenvalue weighted by Crippen LogP contribution is -2.31. The molecule has 2 saturated heterocycles. The maximum atomic E-state index is 5.90. The fraction of sp³-hybridized carbons (Fsp3) is 0.353. The van der Waals surface area contributed by atoms with E-state index >= 15 is 0 Å². The Labute approximate surface area is 133 Å². The van der Waals surface area contributed by atoms with Crippen molar-refractivity contribution in [1.29, 1.82) is 0 Å². The molecule has 23 heavy (non-hydrogen) atoms. The van der Waals surface area contributed by atoms with Gasteiger partial charge in [-0.1, -0.05) is 30.3 Å². The van der Waals surface area contributed by atoms with Crippen LogP contribution >= 0.6 is 0 Å². The summed E-state index contributed by atoms with van der Waals surface area (Å²) >= 11 is 0. The molecule has 4 heterocycles. The number of anilines is 1. The highest BCUT2D eigenvalue weighted by Crippen LogP contribution is 2.35. The first-order chi connectivity index (χ1) is 11.4. The van der Waals surface area contributed by atoms with E-state index in [4.69, 9.17) is 4.74 Å². The summed E-state index contributed by atoms with van der Waals surface area (Å²) in [6.45, 7) is 0. The van der Waals surface area contributed by atoms with Gasteiger partial charge in [0.2, 0.25) is 0 Å². The van der Waals surface area contributed by atoms with Gasteiger partial charge < -0.3 is 10.1 Å². The number of ether oxygens (including phenoxy) is 1. The maximum absolute atomic E-state index is 5.90. The molecule has 116 valence electrons. The van der Waals surface area contributed by atoms with Gasteiger partial charge in [-0.2, -0.15) is 4.52 Å². The fourth-order valence-electron chi connectivity index (χ4n) is 3.61. The fourth-order valence-corrected chi connectivity index (χ4v) is 3.61. The van der Waals surface area contributed by atoms with Gasteiger partial charge in [-0.3, -0.25) is 0 Å². The Bertz CT molecular complexity index is 847. The van der Waals surface area contributed by atoms with Crippen LogP contribution in [0.15, 0.2) is 42.5 Å². The van der Waals surface area contributed by atoms with Crippen molar-refractivity contribution in [2.45, 2.75) is 37.5 Å². The van der Waals surface area contributed by atoms with Gasteiger partial charge in [0.15, 0.2) is 11.5 Å². The Kier molecular flexibility index (Phi) is 2.84. The van der Waals surface area contributed by atoms with Crippen molar-refractivity contribution in [2.24, 2.45) is 0 Å².